The predicted molar refractivity (Wildman–Crippen MR) is 145 cm³/mol. The maximum atomic E-state index is 14.2. The lowest BCUT2D eigenvalue weighted by Gasteiger charge is -2.34. The summed E-state index contributed by atoms with van der Waals surface area (Å²) in [5.41, 5.74) is 1.90. The molecule has 0 spiro atoms. The van der Waals surface area contributed by atoms with Crippen LogP contribution < -0.4 is 5.32 Å². The van der Waals surface area contributed by atoms with Crippen LogP contribution in [0.2, 0.25) is 0 Å². The average molecular weight is 519 g/mol. The molecule has 0 saturated carbocycles. The first-order chi connectivity index (χ1) is 18.5. The summed E-state index contributed by atoms with van der Waals surface area (Å²) in [6, 6.07) is 17.8. The van der Waals surface area contributed by atoms with Crippen LogP contribution in [-0.2, 0) is 32.1 Å². The largest absolute Gasteiger partial charge is 0.466 e. The van der Waals surface area contributed by atoms with Crippen molar-refractivity contribution in [1.29, 1.82) is 0 Å². The van der Waals surface area contributed by atoms with Gasteiger partial charge < -0.3 is 20.1 Å². The smallest absolute Gasteiger partial charge is 0.310 e. The van der Waals surface area contributed by atoms with Gasteiger partial charge in [-0.2, -0.15) is 0 Å². The molecule has 2 aromatic carbocycles. The zero-order valence-corrected chi connectivity index (χ0v) is 22.2. The summed E-state index contributed by atoms with van der Waals surface area (Å²) in [4.78, 5) is 42.7. The Hall–Kier alpha value is -3.45. The molecule has 2 amide bonds. The van der Waals surface area contributed by atoms with Crippen molar-refractivity contribution in [2.75, 3.05) is 13.2 Å². The summed E-state index contributed by atoms with van der Waals surface area (Å²) in [5, 5.41) is 13.5. The van der Waals surface area contributed by atoms with E-state index in [2.05, 4.69) is 5.32 Å². The molecule has 1 aliphatic heterocycles. The Morgan fingerprint density at radius 3 is 2.26 bits per heavy atom. The summed E-state index contributed by atoms with van der Waals surface area (Å²) in [6.07, 6.45) is 5.94. The summed E-state index contributed by atoms with van der Waals surface area (Å²) >= 11 is 0. The minimum absolute atomic E-state index is 0.140. The lowest BCUT2D eigenvalue weighted by atomic mass is 9.69. The number of hydrogen-bond acceptors (Lipinski definition) is 5. The minimum Gasteiger partial charge on any atom is -0.466 e. The standard InChI is InChI=1S/C31H38N2O5/c1-3-11-23-16-17-25-27(26(23)31(37)38-4-2)30(36)33(24(20-34)18-21-12-7-5-8-13-21)28(25)29(35)32-19-22-14-9-6-10-15-22/h5-10,12-17,23-28,34H,3-4,11,18-20H2,1-2H3,(H,32,35)/t23-,24-,25+,26-,27+,28+/m1/s1. The van der Waals surface area contributed by atoms with Gasteiger partial charge in [-0.25, -0.2) is 0 Å². The molecule has 2 N–H and O–H groups in total. The number of hydrogen-bond donors (Lipinski definition) is 2. The second-order valence-corrected chi connectivity index (χ2v) is 10.1. The number of nitrogens with one attached hydrogen (secondary N) is 1. The summed E-state index contributed by atoms with van der Waals surface area (Å²) in [6.45, 7) is 4.05. The minimum atomic E-state index is -0.840. The van der Waals surface area contributed by atoms with Gasteiger partial charge in [-0.1, -0.05) is 86.2 Å². The van der Waals surface area contributed by atoms with E-state index < -0.39 is 35.8 Å². The number of likely N-dealkylation sites (tertiary alicyclic amines) is 1. The molecule has 7 heteroatoms. The number of allylic oxidation sites excluding steroid dienone is 1. The van der Waals surface area contributed by atoms with Crippen molar-refractivity contribution >= 4 is 17.8 Å². The van der Waals surface area contributed by atoms with E-state index >= 15 is 0 Å². The molecule has 2 aliphatic rings. The Kier molecular flexibility index (Phi) is 9.34. The number of amides is 2. The van der Waals surface area contributed by atoms with Crippen LogP contribution in [0.4, 0.5) is 0 Å². The molecule has 0 radical (unpaired) electrons. The highest BCUT2D eigenvalue weighted by Gasteiger charge is 2.58. The van der Waals surface area contributed by atoms with E-state index in [4.69, 9.17) is 4.74 Å². The van der Waals surface area contributed by atoms with Crippen molar-refractivity contribution in [2.45, 2.75) is 51.7 Å². The van der Waals surface area contributed by atoms with Crippen LogP contribution in [0.3, 0.4) is 0 Å². The van der Waals surface area contributed by atoms with Crippen LogP contribution >= 0.6 is 0 Å². The van der Waals surface area contributed by atoms with Crippen molar-refractivity contribution in [3.05, 3.63) is 83.9 Å². The Morgan fingerprint density at radius 1 is 1.00 bits per heavy atom. The Balaban J connectivity index is 1.70. The van der Waals surface area contributed by atoms with E-state index in [1.54, 1.807) is 11.8 Å². The van der Waals surface area contributed by atoms with E-state index in [9.17, 15) is 19.5 Å². The monoisotopic (exact) mass is 518 g/mol. The molecule has 1 heterocycles. The van der Waals surface area contributed by atoms with Crippen LogP contribution in [0.25, 0.3) is 0 Å². The molecule has 2 aromatic rings. The molecule has 0 unspecified atom stereocenters. The zero-order valence-electron chi connectivity index (χ0n) is 22.2. The second kappa shape index (κ2) is 12.9. The van der Waals surface area contributed by atoms with Crippen molar-refractivity contribution < 1.29 is 24.2 Å². The highest BCUT2D eigenvalue weighted by molar-refractivity contribution is 5.96. The number of esters is 1. The number of aliphatic hydroxyl groups is 1. The molecule has 0 bridgehead atoms. The van der Waals surface area contributed by atoms with E-state index in [1.807, 2.05) is 79.7 Å². The van der Waals surface area contributed by atoms with E-state index in [0.29, 0.717) is 13.0 Å². The first kappa shape index (κ1) is 27.6. The molecule has 38 heavy (non-hydrogen) atoms. The molecular weight excluding hydrogens is 480 g/mol. The maximum Gasteiger partial charge on any atom is 0.310 e. The fraction of sp³-hybridized carbons (Fsp3) is 0.452. The molecular formula is C31H38N2O5. The first-order valence-electron chi connectivity index (χ1n) is 13.6. The predicted octanol–water partition coefficient (Wildman–Crippen LogP) is 3.52. The van der Waals surface area contributed by atoms with Gasteiger partial charge in [0.05, 0.1) is 31.1 Å². The fourth-order valence-electron chi connectivity index (χ4n) is 6.03. The SMILES string of the molecule is CCC[C@@H]1C=C[C@H]2[C@H](C(=O)N([C@@H](CO)Cc3ccccc3)[C@@H]2C(=O)NCc2ccccc2)[C@@H]1C(=O)OCC. The lowest BCUT2D eigenvalue weighted by Crippen LogP contribution is -2.52. The average Bonchev–Trinajstić information content (AvgIpc) is 3.23. The van der Waals surface area contributed by atoms with Gasteiger partial charge in [-0.3, -0.25) is 14.4 Å². The third-order valence-electron chi connectivity index (χ3n) is 7.72. The fourth-order valence-corrected chi connectivity index (χ4v) is 6.03. The van der Waals surface area contributed by atoms with Crippen LogP contribution in [0.15, 0.2) is 72.8 Å². The molecule has 4 rings (SSSR count). The number of nitrogens with zero attached hydrogens (tertiary/aromatic N) is 1. The van der Waals surface area contributed by atoms with E-state index in [1.165, 1.54) is 0 Å². The van der Waals surface area contributed by atoms with Gasteiger partial charge in [0.15, 0.2) is 0 Å². The molecule has 202 valence electrons. The number of carbonyl (C=O) groups excluding carboxylic acids is 3. The highest BCUT2D eigenvalue weighted by atomic mass is 16.5. The van der Waals surface area contributed by atoms with Crippen LogP contribution in [-0.4, -0.2) is 53.1 Å². The molecule has 6 atom stereocenters. The van der Waals surface area contributed by atoms with Crippen LogP contribution in [0, 0.1) is 23.7 Å². The number of ether oxygens (including phenoxy) is 1. The van der Waals surface area contributed by atoms with Crippen LogP contribution in [0.1, 0.15) is 37.8 Å². The Bertz CT molecular complexity index is 1120. The molecule has 1 fully saturated rings. The second-order valence-electron chi connectivity index (χ2n) is 10.1. The van der Waals surface area contributed by atoms with Crippen molar-refractivity contribution in [3.63, 3.8) is 0 Å². The van der Waals surface area contributed by atoms with Crippen molar-refractivity contribution in [2.24, 2.45) is 23.7 Å². The third kappa shape index (κ3) is 5.83. The summed E-state index contributed by atoms with van der Waals surface area (Å²) in [5.74, 6) is -2.97. The molecule has 1 saturated heterocycles. The molecule has 0 aromatic heterocycles. The van der Waals surface area contributed by atoms with Gasteiger partial charge in [-0.05, 0) is 36.8 Å². The van der Waals surface area contributed by atoms with E-state index in [-0.39, 0.29) is 30.9 Å². The Morgan fingerprint density at radius 2 is 1.66 bits per heavy atom. The lowest BCUT2D eigenvalue weighted by molar-refractivity contribution is -0.156. The quantitative estimate of drug-likeness (QED) is 0.351. The number of aliphatic hydroxyl groups excluding tert-OH is 1. The highest BCUT2D eigenvalue weighted by Crippen LogP contribution is 2.46. The number of benzene rings is 2. The first-order valence-corrected chi connectivity index (χ1v) is 13.6. The summed E-state index contributed by atoms with van der Waals surface area (Å²) < 4.78 is 5.44. The maximum absolute atomic E-state index is 14.2. The summed E-state index contributed by atoms with van der Waals surface area (Å²) in [7, 11) is 0. The zero-order chi connectivity index (χ0) is 27.1. The number of fused-ring (bicyclic) bond motifs is 1. The third-order valence-corrected chi connectivity index (χ3v) is 7.72. The number of rotatable bonds is 11. The van der Waals surface area contributed by atoms with Crippen LogP contribution in [0.5, 0.6) is 0 Å². The van der Waals surface area contributed by atoms with Gasteiger partial charge in [0.25, 0.3) is 0 Å². The van der Waals surface area contributed by atoms with Crippen molar-refractivity contribution in [1.82, 2.24) is 10.2 Å². The van der Waals surface area contributed by atoms with E-state index in [0.717, 1.165) is 24.0 Å². The van der Waals surface area contributed by atoms with Gasteiger partial charge in [0.1, 0.15) is 6.04 Å². The molecule has 1 aliphatic carbocycles. The van der Waals surface area contributed by atoms with Gasteiger partial charge in [-0.15, -0.1) is 0 Å². The topological polar surface area (TPSA) is 95.9 Å². The van der Waals surface area contributed by atoms with Gasteiger partial charge >= 0.3 is 5.97 Å². The number of carbonyl (C=O) groups is 3. The van der Waals surface area contributed by atoms with Crippen molar-refractivity contribution in [3.8, 4) is 0 Å². The molecule has 7 nitrogen and oxygen atoms in total. The van der Waals surface area contributed by atoms with Gasteiger partial charge in [0, 0.05) is 12.5 Å². The normalized spacial score (nSPS) is 25.1. The van der Waals surface area contributed by atoms with Gasteiger partial charge in [0.2, 0.25) is 11.8 Å². The Labute approximate surface area is 224 Å².